The Labute approximate surface area is 147 Å². The number of hydrogen-bond acceptors (Lipinski definition) is 3. The van der Waals surface area contributed by atoms with Crippen LogP contribution in [0.5, 0.6) is 5.75 Å². The van der Waals surface area contributed by atoms with Crippen LogP contribution in [0.15, 0.2) is 60.8 Å². The molecule has 0 saturated carbocycles. The Hall–Kier alpha value is -2.88. The number of ether oxygens (including phenoxy) is 1. The Morgan fingerprint density at radius 2 is 1.88 bits per heavy atom. The average molecular weight is 334 g/mol. The van der Waals surface area contributed by atoms with Gasteiger partial charge in [0.05, 0.1) is 5.52 Å². The highest BCUT2D eigenvalue weighted by Crippen LogP contribution is 2.29. The first-order valence-corrected chi connectivity index (χ1v) is 8.30. The smallest absolute Gasteiger partial charge is 0.262 e. The van der Waals surface area contributed by atoms with Gasteiger partial charge in [0.25, 0.3) is 5.91 Å². The summed E-state index contributed by atoms with van der Waals surface area (Å²) in [4.78, 5) is 16.6. The van der Waals surface area contributed by atoms with Gasteiger partial charge in [-0.25, -0.2) is 0 Å². The van der Waals surface area contributed by atoms with E-state index < -0.39 is 0 Å². The molecule has 0 unspecified atom stereocenters. The van der Waals surface area contributed by atoms with Crippen molar-refractivity contribution in [1.82, 2.24) is 4.98 Å². The number of nitrogens with zero attached hydrogens (tertiary/aromatic N) is 1. The van der Waals surface area contributed by atoms with Crippen LogP contribution in [0.2, 0.25) is 0 Å². The van der Waals surface area contributed by atoms with Gasteiger partial charge >= 0.3 is 0 Å². The van der Waals surface area contributed by atoms with Crippen molar-refractivity contribution in [3.8, 4) is 5.75 Å². The summed E-state index contributed by atoms with van der Waals surface area (Å²) in [5, 5.41) is 3.93. The van der Waals surface area contributed by atoms with Gasteiger partial charge in [0.1, 0.15) is 5.75 Å². The average Bonchev–Trinajstić information content (AvgIpc) is 2.59. The van der Waals surface area contributed by atoms with Gasteiger partial charge < -0.3 is 10.1 Å². The predicted octanol–water partition coefficient (Wildman–Crippen LogP) is 4.55. The van der Waals surface area contributed by atoms with Gasteiger partial charge in [-0.15, -0.1) is 0 Å². The fraction of sp³-hybridized carbons (Fsp3) is 0.238. The Bertz CT molecular complexity index is 898. The molecule has 3 rings (SSSR count). The van der Waals surface area contributed by atoms with Crippen LogP contribution in [0, 0.1) is 0 Å². The first-order valence-electron chi connectivity index (χ1n) is 8.30. The lowest BCUT2D eigenvalue weighted by molar-refractivity contribution is -0.118. The first kappa shape index (κ1) is 17.0. The summed E-state index contributed by atoms with van der Waals surface area (Å²) in [7, 11) is 0. The van der Waals surface area contributed by atoms with Crippen molar-refractivity contribution in [1.29, 1.82) is 0 Å². The third kappa shape index (κ3) is 4.15. The number of carbonyl (C=O) groups is 1. The van der Waals surface area contributed by atoms with Crippen LogP contribution in [0.3, 0.4) is 0 Å². The molecule has 1 aromatic heterocycles. The van der Waals surface area contributed by atoms with Gasteiger partial charge in [-0.05, 0) is 41.3 Å². The van der Waals surface area contributed by atoms with E-state index in [9.17, 15) is 4.79 Å². The summed E-state index contributed by atoms with van der Waals surface area (Å²) in [6.07, 6.45) is 1.75. The van der Waals surface area contributed by atoms with Crippen LogP contribution in [-0.2, 0) is 10.2 Å². The van der Waals surface area contributed by atoms with Crippen LogP contribution in [0.4, 0.5) is 5.69 Å². The number of fused-ring (bicyclic) bond motifs is 1. The summed E-state index contributed by atoms with van der Waals surface area (Å²) in [5.74, 6) is 0.475. The molecule has 2 aromatic carbocycles. The van der Waals surface area contributed by atoms with E-state index in [0.29, 0.717) is 5.75 Å². The molecule has 3 aromatic rings. The summed E-state index contributed by atoms with van der Waals surface area (Å²) in [5.41, 5.74) is 2.78. The maximum Gasteiger partial charge on any atom is 0.262 e. The number of benzene rings is 2. The molecule has 1 heterocycles. The molecule has 0 aliphatic carbocycles. The van der Waals surface area contributed by atoms with E-state index in [1.165, 1.54) is 0 Å². The second kappa shape index (κ2) is 6.93. The summed E-state index contributed by atoms with van der Waals surface area (Å²) in [6.45, 7) is 6.33. The number of aromatic nitrogens is 1. The van der Waals surface area contributed by atoms with Crippen molar-refractivity contribution in [2.45, 2.75) is 26.2 Å². The Morgan fingerprint density at radius 1 is 1.08 bits per heavy atom. The van der Waals surface area contributed by atoms with Crippen molar-refractivity contribution in [3.05, 3.63) is 66.4 Å². The van der Waals surface area contributed by atoms with E-state index in [4.69, 9.17) is 4.74 Å². The number of carbonyl (C=O) groups excluding carboxylic acids is 1. The molecule has 0 fully saturated rings. The molecule has 0 atom stereocenters. The van der Waals surface area contributed by atoms with Gasteiger partial charge in [-0.3, -0.25) is 9.78 Å². The third-order valence-corrected chi connectivity index (χ3v) is 3.95. The normalized spacial score (nSPS) is 11.3. The zero-order valence-corrected chi connectivity index (χ0v) is 14.7. The van der Waals surface area contributed by atoms with Crippen LogP contribution >= 0.6 is 0 Å². The van der Waals surface area contributed by atoms with E-state index in [-0.39, 0.29) is 17.9 Å². The van der Waals surface area contributed by atoms with Crippen molar-refractivity contribution >= 4 is 22.5 Å². The van der Waals surface area contributed by atoms with Gasteiger partial charge in [0.15, 0.2) is 6.61 Å². The second-order valence-corrected chi connectivity index (χ2v) is 6.99. The number of nitrogens with one attached hydrogen (secondary N) is 1. The van der Waals surface area contributed by atoms with Crippen LogP contribution in [-0.4, -0.2) is 17.5 Å². The molecule has 25 heavy (non-hydrogen) atoms. The van der Waals surface area contributed by atoms with Crippen LogP contribution in [0.1, 0.15) is 26.3 Å². The lowest BCUT2D eigenvalue weighted by atomic mass is 9.86. The fourth-order valence-electron chi connectivity index (χ4n) is 2.72. The summed E-state index contributed by atoms with van der Waals surface area (Å²) < 4.78 is 5.63. The zero-order valence-electron chi connectivity index (χ0n) is 14.7. The molecule has 0 saturated heterocycles. The summed E-state index contributed by atoms with van der Waals surface area (Å²) in [6, 6.07) is 17.3. The Balaban J connectivity index is 1.67. The van der Waals surface area contributed by atoms with E-state index in [2.05, 4.69) is 31.1 Å². The van der Waals surface area contributed by atoms with E-state index in [0.717, 1.165) is 22.2 Å². The minimum Gasteiger partial charge on any atom is -0.484 e. The lowest BCUT2D eigenvalue weighted by Crippen LogP contribution is -2.23. The molecule has 4 nitrogen and oxygen atoms in total. The van der Waals surface area contributed by atoms with Gasteiger partial charge in [0.2, 0.25) is 0 Å². The molecule has 4 heteroatoms. The number of amides is 1. The highest BCUT2D eigenvalue weighted by atomic mass is 16.5. The minimum absolute atomic E-state index is 0.0375. The highest BCUT2D eigenvalue weighted by molar-refractivity contribution is 5.93. The maximum absolute atomic E-state index is 12.3. The van der Waals surface area contributed by atoms with Gasteiger partial charge in [-0.2, -0.15) is 0 Å². The van der Waals surface area contributed by atoms with E-state index in [1.807, 2.05) is 54.6 Å². The molecule has 0 bridgehead atoms. The second-order valence-electron chi connectivity index (χ2n) is 6.99. The Kier molecular flexibility index (Phi) is 4.70. The highest BCUT2D eigenvalue weighted by Gasteiger charge is 2.18. The van der Waals surface area contributed by atoms with Crippen LogP contribution in [0.25, 0.3) is 10.9 Å². The van der Waals surface area contributed by atoms with Crippen molar-refractivity contribution in [3.63, 3.8) is 0 Å². The zero-order chi connectivity index (χ0) is 17.9. The number of pyridine rings is 1. The fourth-order valence-corrected chi connectivity index (χ4v) is 2.72. The van der Waals surface area contributed by atoms with Crippen molar-refractivity contribution in [2.24, 2.45) is 0 Å². The topological polar surface area (TPSA) is 51.2 Å². The molecule has 1 amide bonds. The standard InChI is InChI=1S/C21H22N2O2/c1-21(2,3)17-8-4-5-9-19(17)23-20(24)14-25-16-10-11-18-15(13-16)7-6-12-22-18/h4-13H,14H2,1-3H3,(H,23,24). The molecule has 0 spiro atoms. The number of hydrogen-bond donors (Lipinski definition) is 1. The maximum atomic E-state index is 12.3. The molecule has 128 valence electrons. The number of rotatable bonds is 4. The largest absolute Gasteiger partial charge is 0.484 e. The molecular formula is C21H22N2O2. The molecular weight excluding hydrogens is 312 g/mol. The van der Waals surface area contributed by atoms with E-state index >= 15 is 0 Å². The van der Waals surface area contributed by atoms with E-state index in [1.54, 1.807) is 6.20 Å². The van der Waals surface area contributed by atoms with Crippen LogP contribution < -0.4 is 10.1 Å². The quantitative estimate of drug-likeness (QED) is 0.761. The Morgan fingerprint density at radius 3 is 2.68 bits per heavy atom. The minimum atomic E-state index is -0.178. The first-order chi connectivity index (χ1) is 11.9. The third-order valence-electron chi connectivity index (χ3n) is 3.95. The van der Waals surface area contributed by atoms with Crippen molar-refractivity contribution in [2.75, 3.05) is 11.9 Å². The monoisotopic (exact) mass is 334 g/mol. The molecule has 0 radical (unpaired) electrons. The van der Waals surface area contributed by atoms with Gasteiger partial charge in [0, 0.05) is 17.3 Å². The van der Waals surface area contributed by atoms with Gasteiger partial charge in [-0.1, -0.05) is 45.0 Å². The summed E-state index contributed by atoms with van der Waals surface area (Å²) >= 11 is 0. The predicted molar refractivity (Wildman–Crippen MR) is 101 cm³/mol. The SMILES string of the molecule is CC(C)(C)c1ccccc1NC(=O)COc1ccc2ncccc2c1. The number of anilines is 1. The molecule has 1 N–H and O–H groups in total. The van der Waals surface area contributed by atoms with Crippen molar-refractivity contribution < 1.29 is 9.53 Å². The molecule has 0 aliphatic rings. The lowest BCUT2D eigenvalue weighted by Gasteiger charge is -2.23. The molecule has 0 aliphatic heterocycles. The number of para-hydroxylation sites is 1.